The minimum atomic E-state index is -0.190. The van der Waals surface area contributed by atoms with E-state index in [-0.39, 0.29) is 11.5 Å². The fraction of sp³-hybridized carbons (Fsp3) is 0.222. The van der Waals surface area contributed by atoms with E-state index in [2.05, 4.69) is 0 Å². The number of allylic oxidation sites excluding steroid dienone is 1. The molecule has 0 bridgehead atoms. The third-order valence-electron chi connectivity index (χ3n) is 5.49. The number of rotatable bonds is 7. The first kappa shape index (κ1) is 22.3. The van der Waals surface area contributed by atoms with Crippen LogP contribution in [-0.4, -0.2) is 27.1 Å². The fourth-order valence-corrected chi connectivity index (χ4v) is 3.79. The largest absolute Gasteiger partial charge is 0.493 e. The Morgan fingerprint density at radius 1 is 0.879 bits per heavy atom. The molecule has 4 rings (SSSR count). The van der Waals surface area contributed by atoms with E-state index in [4.69, 9.17) is 23.7 Å². The van der Waals surface area contributed by atoms with Gasteiger partial charge in [0.25, 0.3) is 0 Å². The van der Waals surface area contributed by atoms with Gasteiger partial charge in [-0.1, -0.05) is 29.8 Å². The number of Topliss-reactive ketones (excluding diaryl/α,β-unsaturated/α-hetero) is 1. The summed E-state index contributed by atoms with van der Waals surface area (Å²) in [5, 5.41) is 0. The van der Waals surface area contributed by atoms with Gasteiger partial charge in [0.05, 0.1) is 26.9 Å². The standard InChI is InChI=1S/C27H26O6/c1-16-6-8-18(9-7-16)15-32-20-12-17(2)24-22(14-20)33-23(25(24)28)13-19-10-11-21(29-3)27(31-5)26(19)30-4/h6-14H,15H2,1-5H3/b23-13-. The van der Waals surface area contributed by atoms with Crippen LogP contribution in [0.5, 0.6) is 28.7 Å². The molecule has 0 spiro atoms. The highest BCUT2D eigenvalue weighted by Gasteiger charge is 2.30. The second-order valence-electron chi connectivity index (χ2n) is 7.75. The predicted octanol–water partition coefficient (Wildman–Crippen LogP) is 5.52. The van der Waals surface area contributed by atoms with Crippen LogP contribution in [0.15, 0.2) is 54.3 Å². The van der Waals surface area contributed by atoms with Gasteiger partial charge in [-0.2, -0.15) is 0 Å². The van der Waals surface area contributed by atoms with Crippen LogP contribution in [0.4, 0.5) is 0 Å². The highest BCUT2D eigenvalue weighted by atomic mass is 16.5. The van der Waals surface area contributed by atoms with Crippen LogP contribution in [0.2, 0.25) is 0 Å². The van der Waals surface area contributed by atoms with Crippen LogP contribution in [-0.2, 0) is 6.61 Å². The highest BCUT2D eigenvalue weighted by Crippen LogP contribution is 2.42. The molecule has 1 aliphatic rings. The lowest BCUT2D eigenvalue weighted by Gasteiger charge is -2.14. The summed E-state index contributed by atoms with van der Waals surface area (Å²) in [4.78, 5) is 13.1. The Morgan fingerprint density at radius 3 is 2.27 bits per heavy atom. The molecule has 0 aromatic heterocycles. The van der Waals surface area contributed by atoms with Gasteiger partial charge in [0.15, 0.2) is 17.3 Å². The lowest BCUT2D eigenvalue weighted by atomic mass is 10.0. The van der Waals surface area contributed by atoms with E-state index in [1.807, 2.05) is 44.2 Å². The highest BCUT2D eigenvalue weighted by molar-refractivity contribution is 6.15. The Bertz CT molecular complexity index is 1220. The van der Waals surface area contributed by atoms with Crippen molar-refractivity contribution in [2.24, 2.45) is 0 Å². The van der Waals surface area contributed by atoms with Gasteiger partial charge in [-0.25, -0.2) is 0 Å². The van der Waals surface area contributed by atoms with Crippen LogP contribution in [0.25, 0.3) is 6.08 Å². The zero-order chi connectivity index (χ0) is 23.5. The minimum Gasteiger partial charge on any atom is -0.493 e. The van der Waals surface area contributed by atoms with Gasteiger partial charge >= 0.3 is 0 Å². The molecule has 0 saturated carbocycles. The van der Waals surface area contributed by atoms with Gasteiger partial charge in [0.1, 0.15) is 18.1 Å². The first-order valence-corrected chi connectivity index (χ1v) is 10.5. The maximum Gasteiger partial charge on any atom is 0.232 e. The summed E-state index contributed by atoms with van der Waals surface area (Å²) >= 11 is 0. The van der Waals surface area contributed by atoms with E-state index in [0.717, 1.165) is 11.1 Å². The van der Waals surface area contributed by atoms with E-state index < -0.39 is 0 Å². The number of carbonyl (C=O) groups is 1. The number of ketones is 1. The summed E-state index contributed by atoms with van der Waals surface area (Å²) in [5.41, 5.74) is 4.23. The minimum absolute atomic E-state index is 0.190. The molecular weight excluding hydrogens is 420 g/mol. The lowest BCUT2D eigenvalue weighted by Crippen LogP contribution is -2.01. The number of aryl methyl sites for hydroxylation is 2. The molecule has 1 heterocycles. The van der Waals surface area contributed by atoms with Crippen LogP contribution >= 0.6 is 0 Å². The molecule has 0 N–H and O–H groups in total. The van der Waals surface area contributed by atoms with Gasteiger partial charge in [-0.3, -0.25) is 4.79 Å². The second-order valence-corrected chi connectivity index (χ2v) is 7.75. The maximum absolute atomic E-state index is 13.1. The summed E-state index contributed by atoms with van der Waals surface area (Å²) < 4.78 is 28.2. The van der Waals surface area contributed by atoms with E-state index >= 15 is 0 Å². The molecule has 3 aromatic rings. The van der Waals surface area contributed by atoms with E-state index in [0.29, 0.717) is 46.5 Å². The monoisotopic (exact) mass is 446 g/mol. The quantitative estimate of drug-likeness (QED) is 0.445. The number of carbonyl (C=O) groups excluding carboxylic acids is 1. The topological polar surface area (TPSA) is 63.2 Å². The van der Waals surface area contributed by atoms with Gasteiger partial charge in [0, 0.05) is 11.6 Å². The lowest BCUT2D eigenvalue weighted by molar-refractivity contribution is 0.101. The van der Waals surface area contributed by atoms with Gasteiger partial charge in [-0.05, 0) is 49.2 Å². The van der Waals surface area contributed by atoms with Crippen molar-refractivity contribution >= 4 is 11.9 Å². The van der Waals surface area contributed by atoms with Gasteiger partial charge in [-0.15, -0.1) is 0 Å². The van der Waals surface area contributed by atoms with Crippen molar-refractivity contribution in [1.29, 1.82) is 0 Å². The Kier molecular flexibility index (Phi) is 6.27. The SMILES string of the molecule is COc1ccc(/C=C2\Oc3cc(OCc4ccc(C)cc4)cc(C)c3C2=O)c(OC)c1OC. The molecule has 170 valence electrons. The molecule has 1 aliphatic heterocycles. The van der Waals surface area contributed by atoms with Gasteiger partial charge < -0.3 is 23.7 Å². The molecule has 3 aromatic carbocycles. The molecule has 0 atom stereocenters. The van der Waals surface area contributed by atoms with Crippen molar-refractivity contribution in [1.82, 2.24) is 0 Å². The summed E-state index contributed by atoms with van der Waals surface area (Å²) in [5.74, 6) is 2.56. The molecule has 6 heteroatoms. The smallest absolute Gasteiger partial charge is 0.232 e. The molecule has 0 radical (unpaired) electrons. The number of hydrogen-bond acceptors (Lipinski definition) is 6. The first-order valence-electron chi connectivity index (χ1n) is 10.5. The van der Waals surface area contributed by atoms with Crippen molar-refractivity contribution in [2.75, 3.05) is 21.3 Å². The van der Waals surface area contributed by atoms with Crippen LogP contribution < -0.4 is 23.7 Å². The van der Waals surface area contributed by atoms with Crippen molar-refractivity contribution < 1.29 is 28.5 Å². The molecular formula is C27H26O6. The zero-order valence-corrected chi connectivity index (χ0v) is 19.4. The van der Waals surface area contributed by atoms with Crippen LogP contribution in [0, 0.1) is 13.8 Å². The number of methoxy groups -OCH3 is 3. The van der Waals surface area contributed by atoms with Crippen molar-refractivity contribution in [3.63, 3.8) is 0 Å². The third-order valence-corrected chi connectivity index (χ3v) is 5.49. The summed E-state index contributed by atoms with van der Waals surface area (Å²) in [7, 11) is 4.62. The summed E-state index contributed by atoms with van der Waals surface area (Å²) in [6.07, 6.45) is 1.65. The molecule has 0 saturated heterocycles. The number of fused-ring (bicyclic) bond motifs is 1. The van der Waals surface area contributed by atoms with Crippen molar-refractivity contribution in [3.05, 3.63) is 82.1 Å². The molecule has 0 amide bonds. The Morgan fingerprint density at radius 2 is 1.61 bits per heavy atom. The summed E-state index contributed by atoms with van der Waals surface area (Å²) in [6.45, 7) is 4.35. The van der Waals surface area contributed by atoms with E-state index in [1.165, 1.54) is 19.8 Å². The number of hydrogen-bond donors (Lipinski definition) is 0. The number of ether oxygens (including phenoxy) is 5. The normalized spacial score (nSPS) is 13.5. The Labute approximate surface area is 193 Å². The Balaban J connectivity index is 1.61. The first-order chi connectivity index (χ1) is 15.9. The average molecular weight is 446 g/mol. The zero-order valence-electron chi connectivity index (χ0n) is 19.4. The maximum atomic E-state index is 13.1. The van der Waals surface area contributed by atoms with Crippen LogP contribution in [0.3, 0.4) is 0 Å². The molecule has 0 fully saturated rings. The average Bonchev–Trinajstić information content (AvgIpc) is 3.13. The molecule has 6 nitrogen and oxygen atoms in total. The number of benzene rings is 3. The Hall–Kier alpha value is -3.93. The van der Waals surface area contributed by atoms with Crippen molar-refractivity contribution in [3.8, 4) is 28.7 Å². The van der Waals surface area contributed by atoms with E-state index in [9.17, 15) is 4.79 Å². The molecule has 0 aliphatic carbocycles. The summed E-state index contributed by atoms with van der Waals surface area (Å²) in [6, 6.07) is 15.3. The van der Waals surface area contributed by atoms with Crippen LogP contribution in [0.1, 0.15) is 32.6 Å². The molecule has 0 unspecified atom stereocenters. The molecule has 33 heavy (non-hydrogen) atoms. The van der Waals surface area contributed by atoms with Gasteiger partial charge in [0.2, 0.25) is 11.5 Å². The van der Waals surface area contributed by atoms with Crippen molar-refractivity contribution in [2.45, 2.75) is 20.5 Å². The second kappa shape index (κ2) is 9.28. The fourth-order valence-electron chi connectivity index (χ4n) is 3.79. The third kappa shape index (κ3) is 4.37. The predicted molar refractivity (Wildman–Crippen MR) is 126 cm³/mol. The van der Waals surface area contributed by atoms with E-state index in [1.54, 1.807) is 31.4 Å².